The van der Waals surface area contributed by atoms with Crippen molar-refractivity contribution in [3.63, 3.8) is 0 Å². The van der Waals surface area contributed by atoms with Crippen LogP contribution in [0, 0.1) is 10.1 Å². The minimum Gasteiger partial charge on any atom is -0.378 e. The first-order chi connectivity index (χ1) is 16.9. The van der Waals surface area contributed by atoms with Crippen molar-refractivity contribution >= 4 is 40.9 Å². The number of nitrogens with zero attached hydrogens (tertiary/aromatic N) is 8. The third kappa shape index (κ3) is 4.91. The second-order valence-electron chi connectivity index (χ2n) is 7.09. The molecule has 0 aliphatic rings. The highest BCUT2D eigenvalue weighted by Crippen LogP contribution is 2.24. The van der Waals surface area contributed by atoms with Gasteiger partial charge in [0.1, 0.15) is 0 Å². The number of nitro benzene ring substituents is 1. The van der Waals surface area contributed by atoms with E-state index in [0.29, 0.717) is 5.69 Å². The second kappa shape index (κ2) is 9.96. The molecule has 0 aliphatic carbocycles. The molecule has 0 spiro atoms. The van der Waals surface area contributed by atoms with Gasteiger partial charge in [-0.25, -0.2) is 10.1 Å². The summed E-state index contributed by atoms with van der Waals surface area (Å²) in [6, 6.07) is 13.6. The number of nitrogen functional groups attached to an aromatic ring is 1. The van der Waals surface area contributed by atoms with Gasteiger partial charge in [-0.1, -0.05) is 41.1 Å². The van der Waals surface area contributed by atoms with Crippen LogP contribution >= 0.6 is 11.6 Å². The predicted octanol–water partition coefficient (Wildman–Crippen LogP) is 2.19. The molecule has 2 heterocycles. The molecule has 0 aliphatic heterocycles. The monoisotopic (exact) mass is 496 g/mol. The number of amides is 1. The summed E-state index contributed by atoms with van der Waals surface area (Å²) >= 11 is 6.05. The standard InChI is InChI=1S/C20H17ClN10O4/c1-29(12-6-3-2-4-7-12)11-16-17(24-28-30(16)19-18(22)26-35-27-19)20(32)25-23-10-13-14(21)8-5-9-15(13)31(33)34/h2-10H,11H2,1H3,(H2,22,26)(H,25,32). The van der Waals surface area contributed by atoms with Gasteiger partial charge in [-0.05, 0) is 28.5 Å². The first kappa shape index (κ1) is 23.3. The maximum Gasteiger partial charge on any atom is 0.293 e. The number of carbonyl (C=O) groups is 1. The average molecular weight is 497 g/mol. The van der Waals surface area contributed by atoms with Crippen LogP contribution in [0.3, 0.4) is 0 Å². The van der Waals surface area contributed by atoms with E-state index in [1.54, 1.807) is 0 Å². The topological polar surface area (TPSA) is 183 Å². The minimum absolute atomic E-state index is 0.0357. The molecule has 2 aromatic carbocycles. The molecule has 0 radical (unpaired) electrons. The van der Waals surface area contributed by atoms with Crippen molar-refractivity contribution in [1.29, 1.82) is 0 Å². The van der Waals surface area contributed by atoms with Crippen LogP contribution in [0.5, 0.6) is 0 Å². The van der Waals surface area contributed by atoms with Crippen molar-refractivity contribution in [2.75, 3.05) is 17.7 Å². The number of nitrogens with one attached hydrogen (secondary N) is 1. The molecule has 15 heteroatoms. The predicted molar refractivity (Wildman–Crippen MR) is 125 cm³/mol. The maximum absolute atomic E-state index is 12.9. The van der Waals surface area contributed by atoms with Crippen LogP contribution in [0.2, 0.25) is 5.02 Å². The van der Waals surface area contributed by atoms with E-state index in [1.807, 2.05) is 42.3 Å². The van der Waals surface area contributed by atoms with Crippen LogP contribution < -0.4 is 16.1 Å². The largest absolute Gasteiger partial charge is 0.378 e. The molecule has 0 saturated carbocycles. The van der Waals surface area contributed by atoms with Gasteiger partial charge in [-0.3, -0.25) is 14.9 Å². The number of hydrogen-bond donors (Lipinski definition) is 2. The zero-order valence-electron chi connectivity index (χ0n) is 18.1. The number of hydrazone groups is 1. The van der Waals surface area contributed by atoms with Crippen molar-refractivity contribution in [1.82, 2.24) is 30.7 Å². The lowest BCUT2D eigenvalue weighted by molar-refractivity contribution is -0.385. The lowest BCUT2D eigenvalue weighted by atomic mass is 10.2. The summed E-state index contributed by atoms with van der Waals surface area (Å²) in [6.45, 7) is 0.172. The summed E-state index contributed by atoms with van der Waals surface area (Å²) < 4.78 is 5.89. The Balaban J connectivity index is 1.64. The highest BCUT2D eigenvalue weighted by molar-refractivity contribution is 6.33. The van der Waals surface area contributed by atoms with E-state index in [2.05, 4.69) is 35.8 Å². The van der Waals surface area contributed by atoms with Gasteiger partial charge in [0, 0.05) is 18.8 Å². The Bertz CT molecular complexity index is 1400. The number of nitrogens with two attached hydrogens (primary N) is 1. The molecule has 0 atom stereocenters. The molecule has 4 rings (SSSR count). The van der Waals surface area contributed by atoms with E-state index < -0.39 is 10.8 Å². The average Bonchev–Trinajstić information content (AvgIpc) is 3.45. The van der Waals surface area contributed by atoms with Crippen LogP contribution in [-0.2, 0) is 6.54 Å². The molecular formula is C20H17ClN10O4. The van der Waals surface area contributed by atoms with E-state index in [-0.39, 0.29) is 40.1 Å². The fraction of sp³-hybridized carbons (Fsp3) is 0.100. The number of para-hydroxylation sites is 1. The Morgan fingerprint density at radius 3 is 2.74 bits per heavy atom. The summed E-state index contributed by atoms with van der Waals surface area (Å²) in [5.74, 6) is -0.716. The molecule has 0 bridgehead atoms. The molecule has 0 unspecified atom stereocenters. The lowest BCUT2D eigenvalue weighted by Crippen LogP contribution is -2.24. The molecule has 4 aromatic rings. The van der Waals surface area contributed by atoms with Crippen molar-refractivity contribution in [2.45, 2.75) is 6.54 Å². The molecule has 14 nitrogen and oxygen atoms in total. The number of aromatic nitrogens is 5. The zero-order valence-corrected chi connectivity index (χ0v) is 18.8. The molecule has 0 saturated heterocycles. The summed E-state index contributed by atoms with van der Waals surface area (Å²) in [4.78, 5) is 25.4. The van der Waals surface area contributed by atoms with Crippen molar-refractivity contribution < 1.29 is 14.3 Å². The van der Waals surface area contributed by atoms with Gasteiger partial charge >= 0.3 is 0 Å². The van der Waals surface area contributed by atoms with Gasteiger partial charge in [-0.15, -0.1) is 5.10 Å². The van der Waals surface area contributed by atoms with Gasteiger partial charge in [0.15, 0.2) is 5.69 Å². The zero-order chi connectivity index (χ0) is 24.9. The third-order valence-corrected chi connectivity index (χ3v) is 5.17. The summed E-state index contributed by atoms with van der Waals surface area (Å²) in [5, 5.41) is 30.4. The lowest BCUT2D eigenvalue weighted by Gasteiger charge is -2.19. The first-order valence-corrected chi connectivity index (χ1v) is 10.3. The number of carbonyl (C=O) groups excluding carboxylic acids is 1. The molecular weight excluding hydrogens is 480 g/mol. The Morgan fingerprint density at radius 1 is 1.29 bits per heavy atom. The molecule has 1 amide bonds. The second-order valence-corrected chi connectivity index (χ2v) is 7.50. The van der Waals surface area contributed by atoms with Crippen molar-refractivity contribution in [3.8, 4) is 5.82 Å². The maximum atomic E-state index is 12.9. The highest BCUT2D eigenvalue weighted by atomic mass is 35.5. The van der Waals surface area contributed by atoms with Gasteiger partial charge in [0.2, 0.25) is 11.6 Å². The van der Waals surface area contributed by atoms with E-state index in [1.165, 1.54) is 22.9 Å². The molecule has 178 valence electrons. The molecule has 35 heavy (non-hydrogen) atoms. The SMILES string of the molecule is CN(Cc1c(C(=O)NN=Cc2c(Cl)cccc2[N+](=O)[O-])nnn1-c1nonc1N)c1ccccc1. The van der Waals surface area contributed by atoms with Crippen LogP contribution in [0.15, 0.2) is 58.3 Å². The fourth-order valence-electron chi connectivity index (χ4n) is 3.15. The van der Waals surface area contributed by atoms with Gasteiger partial charge in [-0.2, -0.15) is 9.78 Å². The normalized spacial score (nSPS) is 11.0. The van der Waals surface area contributed by atoms with Crippen LogP contribution in [0.1, 0.15) is 21.7 Å². The highest BCUT2D eigenvalue weighted by Gasteiger charge is 2.25. The smallest absolute Gasteiger partial charge is 0.293 e. The Kier molecular flexibility index (Phi) is 6.64. The number of anilines is 2. The fourth-order valence-corrected chi connectivity index (χ4v) is 3.37. The Morgan fingerprint density at radius 2 is 2.06 bits per heavy atom. The van der Waals surface area contributed by atoms with Crippen LogP contribution in [0.4, 0.5) is 17.2 Å². The Labute approximate surface area is 202 Å². The van der Waals surface area contributed by atoms with Crippen molar-refractivity contribution in [2.24, 2.45) is 5.10 Å². The minimum atomic E-state index is -0.728. The number of hydrogen-bond acceptors (Lipinski definition) is 11. The quantitative estimate of drug-likeness (QED) is 0.208. The van der Waals surface area contributed by atoms with Crippen LogP contribution in [0.25, 0.3) is 5.82 Å². The number of benzene rings is 2. The van der Waals surface area contributed by atoms with Gasteiger partial charge in [0.05, 0.1) is 34.0 Å². The third-order valence-electron chi connectivity index (χ3n) is 4.84. The summed E-state index contributed by atoms with van der Waals surface area (Å²) in [6.07, 6.45) is 1.08. The number of nitro groups is 1. The summed E-state index contributed by atoms with van der Waals surface area (Å²) in [5.41, 5.74) is 8.96. The molecule has 3 N–H and O–H groups in total. The van der Waals surface area contributed by atoms with E-state index in [0.717, 1.165) is 11.9 Å². The van der Waals surface area contributed by atoms with E-state index >= 15 is 0 Å². The van der Waals surface area contributed by atoms with E-state index in [9.17, 15) is 14.9 Å². The van der Waals surface area contributed by atoms with Crippen LogP contribution in [-0.4, -0.2) is 49.4 Å². The number of rotatable bonds is 8. The molecule has 0 fully saturated rings. The molecule has 2 aromatic heterocycles. The van der Waals surface area contributed by atoms with Gasteiger partial charge < -0.3 is 10.6 Å². The Hall–Kier alpha value is -4.85. The van der Waals surface area contributed by atoms with Gasteiger partial charge in [0.25, 0.3) is 11.6 Å². The first-order valence-electron chi connectivity index (χ1n) is 9.92. The van der Waals surface area contributed by atoms with Crippen molar-refractivity contribution in [3.05, 3.63) is 80.6 Å². The number of halogens is 1. The summed E-state index contributed by atoms with van der Waals surface area (Å²) in [7, 11) is 1.81. The van der Waals surface area contributed by atoms with E-state index in [4.69, 9.17) is 17.3 Å².